The molecule has 2 N–H and O–H groups in total. The first-order valence-corrected chi connectivity index (χ1v) is 6.47. The van der Waals surface area contributed by atoms with Crippen LogP contribution in [0, 0.1) is 0 Å². The van der Waals surface area contributed by atoms with Crippen molar-refractivity contribution >= 4 is 11.0 Å². The summed E-state index contributed by atoms with van der Waals surface area (Å²) in [4.78, 5) is 2.39. The standard InChI is InChI=1S/C13H20N4O/c1-2-7-17(9-6-14)8-5-11-3-4-12-13(10-11)16-18-15-12/h3-4,10H,2,5-9,14H2,1H3. The Morgan fingerprint density at radius 2 is 2.00 bits per heavy atom. The first-order chi connectivity index (χ1) is 8.83. The molecule has 0 aliphatic carbocycles. The highest BCUT2D eigenvalue weighted by Gasteiger charge is 2.05. The Hall–Kier alpha value is -1.46. The van der Waals surface area contributed by atoms with Crippen LogP contribution in [0.5, 0.6) is 0 Å². The van der Waals surface area contributed by atoms with Crippen molar-refractivity contribution in [3.63, 3.8) is 0 Å². The molecule has 5 nitrogen and oxygen atoms in total. The molecule has 18 heavy (non-hydrogen) atoms. The quantitative estimate of drug-likeness (QED) is 0.803. The van der Waals surface area contributed by atoms with Gasteiger partial charge in [0.25, 0.3) is 0 Å². The van der Waals surface area contributed by atoms with Gasteiger partial charge < -0.3 is 10.6 Å². The highest BCUT2D eigenvalue weighted by Crippen LogP contribution is 2.12. The predicted molar refractivity (Wildman–Crippen MR) is 71.3 cm³/mol. The van der Waals surface area contributed by atoms with Gasteiger partial charge >= 0.3 is 0 Å². The van der Waals surface area contributed by atoms with Gasteiger partial charge in [-0.15, -0.1) is 0 Å². The average molecular weight is 248 g/mol. The van der Waals surface area contributed by atoms with Crippen LogP contribution in [0.4, 0.5) is 0 Å². The number of nitrogens with zero attached hydrogens (tertiary/aromatic N) is 3. The third-order valence-electron chi connectivity index (χ3n) is 3.02. The van der Waals surface area contributed by atoms with Crippen molar-refractivity contribution in [2.24, 2.45) is 5.73 Å². The van der Waals surface area contributed by atoms with Crippen molar-refractivity contribution in [2.45, 2.75) is 19.8 Å². The minimum Gasteiger partial charge on any atom is -0.329 e. The van der Waals surface area contributed by atoms with Crippen LogP contribution in [0.25, 0.3) is 11.0 Å². The molecule has 0 saturated carbocycles. The Labute approximate surface area is 107 Å². The number of nitrogens with two attached hydrogens (primary N) is 1. The van der Waals surface area contributed by atoms with E-state index in [9.17, 15) is 0 Å². The second-order valence-electron chi connectivity index (χ2n) is 4.47. The van der Waals surface area contributed by atoms with Crippen LogP contribution in [0.15, 0.2) is 22.8 Å². The lowest BCUT2D eigenvalue weighted by Crippen LogP contribution is -2.32. The number of hydrogen-bond acceptors (Lipinski definition) is 5. The molecule has 1 aromatic heterocycles. The monoisotopic (exact) mass is 248 g/mol. The molecule has 0 bridgehead atoms. The number of rotatable bonds is 7. The van der Waals surface area contributed by atoms with Gasteiger partial charge in [-0.25, -0.2) is 4.63 Å². The Balaban J connectivity index is 1.95. The van der Waals surface area contributed by atoms with E-state index in [0.29, 0.717) is 6.54 Å². The molecule has 0 amide bonds. The average Bonchev–Trinajstić information content (AvgIpc) is 2.84. The SMILES string of the molecule is CCCN(CCN)CCc1ccc2nonc2c1. The molecule has 0 fully saturated rings. The van der Waals surface area contributed by atoms with E-state index in [1.54, 1.807) is 0 Å². The Morgan fingerprint density at radius 1 is 1.17 bits per heavy atom. The van der Waals surface area contributed by atoms with Crippen LogP contribution in [0.3, 0.4) is 0 Å². The number of hydrogen-bond donors (Lipinski definition) is 1. The van der Waals surface area contributed by atoms with Crippen molar-refractivity contribution in [1.82, 2.24) is 15.2 Å². The summed E-state index contributed by atoms with van der Waals surface area (Å²) in [6, 6.07) is 6.08. The van der Waals surface area contributed by atoms with Gasteiger partial charge in [0.1, 0.15) is 11.0 Å². The number of benzene rings is 1. The molecule has 2 rings (SSSR count). The second kappa shape index (κ2) is 6.47. The van der Waals surface area contributed by atoms with E-state index >= 15 is 0 Å². The molecule has 1 heterocycles. The molecular weight excluding hydrogens is 228 g/mol. The molecular formula is C13H20N4O. The molecule has 0 radical (unpaired) electrons. The zero-order chi connectivity index (χ0) is 12.8. The van der Waals surface area contributed by atoms with Gasteiger partial charge in [-0.2, -0.15) is 0 Å². The van der Waals surface area contributed by atoms with E-state index in [4.69, 9.17) is 10.4 Å². The van der Waals surface area contributed by atoms with Gasteiger partial charge in [-0.1, -0.05) is 13.0 Å². The van der Waals surface area contributed by atoms with E-state index in [0.717, 1.165) is 43.5 Å². The van der Waals surface area contributed by atoms with Gasteiger partial charge in [0.15, 0.2) is 0 Å². The molecule has 1 aromatic carbocycles. The van der Waals surface area contributed by atoms with Crippen LogP contribution >= 0.6 is 0 Å². The third kappa shape index (κ3) is 3.27. The Bertz CT molecular complexity index is 477. The molecule has 0 saturated heterocycles. The first-order valence-electron chi connectivity index (χ1n) is 6.47. The molecule has 5 heteroatoms. The minimum absolute atomic E-state index is 0.715. The highest BCUT2D eigenvalue weighted by atomic mass is 16.6. The zero-order valence-corrected chi connectivity index (χ0v) is 10.8. The number of fused-ring (bicyclic) bond motifs is 1. The van der Waals surface area contributed by atoms with E-state index in [-0.39, 0.29) is 0 Å². The number of aromatic nitrogens is 2. The van der Waals surface area contributed by atoms with E-state index in [2.05, 4.69) is 28.2 Å². The fourth-order valence-electron chi connectivity index (χ4n) is 2.10. The molecule has 0 unspecified atom stereocenters. The zero-order valence-electron chi connectivity index (χ0n) is 10.8. The van der Waals surface area contributed by atoms with Crippen molar-refractivity contribution in [2.75, 3.05) is 26.2 Å². The van der Waals surface area contributed by atoms with Crippen LogP contribution in [0.1, 0.15) is 18.9 Å². The molecule has 0 spiro atoms. The molecule has 0 aliphatic heterocycles. The van der Waals surface area contributed by atoms with Gasteiger partial charge in [0, 0.05) is 19.6 Å². The lowest BCUT2D eigenvalue weighted by Gasteiger charge is -2.20. The summed E-state index contributed by atoms with van der Waals surface area (Å²) in [6.45, 7) is 6.00. The maximum Gasteiger partial charge on any atom is 0.135 e. The summed E-state index contributed by atoms with van der Waals surface area (Å²) in [5.74, 6) is 0. The van der Waals surface area contributed by atoms with Crippen LogP contribution < -0.4 is 5.73 Å². The van der Waals surface area contributed by atoms with Crippen molar-refractivity contribution in [3.8, 4) is 0 Å². The summed E-state index contributed by atoms with van der Waals surface area (Å²) < 4.78 is 4.70. The summed E-state index contributed by atoms with van der Waals surface area (Å²) in [7, 11) is 0. The van der Waals surface area contributed by atoms with Crippen LogP contribution in [-0.2, 0) is 6.42 Å². The third-order valence-corrected chi connectivity index (χ3v) is 3.02. The Kier molecular flexibility index (Phi) is 4.66. The first kappa shape index (κ1) is 13.0. The van der Waals surface area contributed by atoms with Gasteiger partial charge in [0.05, 0.1) is 0 Å². The maximum atomic E-state index is 5.62. The van der Waals surface area contributed by atoms with E-state index < -0.39 is 0 Å². The minimum atomic E-state index is 0.715. The summed E-state index contributed by atoms with van der Waals surface area (Å²) in [5.41, 5.74) is 8.52. The van der Waals surface area contributed by atoms with Crippen molar-refractivity contribution < 1.29 is 4.63 Å². The molecule has 98 valence electrons. The molecule has 0 atom stereocenters. The van der Waals surface area contributed by atoms with Gasteiger partial charge in [-0.05, 0) is 47.4 Å². The smallest absolute Gasteiger partial charge is 0.135 e. The van der Waals surface area contributed by atoms with Gasteiger partial charge in [-0.3, -0.25) is 0 Å². The van der Waals surface area contributed by atoms with Crippen molar-refractivity contribution in [1.29, 1.82) is 0 Å². The maximum absolute atomic E-state index is 5.62. The van der Waals surface area contributed by atoms with Crippen LogP contribution in [-0.4, -0.2) is 41.4 Å². The molecule has 0 aliphatic rings. The highest BCUT2D eigenvalue weighted by molar-refractivity contribution is 5.73. The molecule has 2 aromatic rings. The normalized spacial score (nSPS) is 11.5. The topological polar surface area (TPSA) is 68.2 Å². The largest absolute Gasteiger partial charge is 0.329 e. The predicted octanol–water partition coefficient (Wildman–Crippen LogP) is 1.44. The van der Waals surface area contributed by atoms with Crippen LogP contribution in [0.2, 0.25) is 0 Å². The van der Waals surface area contributed by atoms with Crippen molar-refractivity contribution in [3.05, 3.63) is 23.8 Å². The fourth-order valence-corrected chi connectivity index (χ4v) is 2.10. The fraction of sp³-hybridized carbons (Fsp3) is 0.538. The Morgan fingerprint density at radius 3 is 2.78 bits per heavy atom. The summed E-state index contributed by atoms with van der Waals surface area (Å²) >= 11 is 0. The lowest BCUT2D eigenvalue weighted by atomic mass is 10.1. The second-order valence-corrected chi connectivity index (χ2v) is 4.47. The van der Waals surface area contributed by atoms with E-state index in [1.165, 1.54) is 5.56 Å². The summed E-state index contributed by atoms with van der Waals surface area (Å²) in [6.07, 6.45) is 2.16. The van der Waals surface area contributed by atoms with E-state index in [1.807, 2.05) is 12.1 Å². The lowest BCUT2D eigenvalue weighted by molar-refractivity contribution is 0.285. The van der Waals surface area contributed by atoms with Gasteiger partial charge in [0.2, 0.25) is 0 Å². The summed E-state index contributed by atoms with van der Waals surface area (Å²) in [5, 5.41) is 7.66.